The van der Waals surface area contributed by atoms with E-state index in [0.717, 1.165) is 22.2 Å². The molecule has 3 aromatic heterocycles. The molecular weight excluding hydrogens is 416 g/mol. The summed E-state index contributed by atoms with van der Waals surface area (Å²) in [6, 6.07) is 6.63. The molecule has 0 radical (unpaired) electrons. The lowest BCUT2D eigenvalue weighted by atomic mass is 10.0. The molecule has 0 amide bonds. The van der Waals surface area contributed by atoms with Crippen molar-refractivity contribution in [2.24, 2.45) is 0 Å². The number of alkyl halides is 2. The number of fused-ring (bicyclic) bond motifs is 2. The molecule has 0 bridgehead atoms. The van der Waals surface area contributed by atoms with Gasteiger partial charge in [-0.3, -0.25) is 14.9 Å². The van der Waals surface area contributed by atoms with Gasteiger partial charge < -0.3 is 10.1 Å². The van der Waals surface area contributed by atoms with Crippen molar-refractivity contribution in [1.29, 1.82) is 0 Å². The third kappa shape index (κ3) is 3.60. The van der Waals surface area contributed by atoms with Crippen LogP contribution in [-0.2, 0) is 0 Å². The van der Waals surface area contributed by atoms with E-state index in [2.05, 4.69) is 25.4 Å². The van der Waals surface area contributed by atoms with Crippen molar-refractivity contribution in [3.05, 3.63) is 42.9 Å². The Morgan fingerprint density at radius 3 is 2.75 bits per heavy atom. The smallest absolute Gasteiger partial charge is 0.280 e. The topological polar surface area (TPSA) is 80.5 Å². The molecule has 4 aromatic rings. The highest BCUT2D eigenvalue weighted by molar-refractivity contribution is 5.89. The van der Waals surface area contributed by atoms with Gasteiger partial charge in [-0.25, -0.2) is 13.3 Å². The summed E-state index contributed by atoms with van der Waals surface area (Å²) < 4.78 is 36.4. The van der Waals surface area contributed by atoms with Crippen LogP contribution in [0.5, 0.6) is 5.88 Å². The van der Waals surface area contributed by atoms with Gasteiger partial charge in [-0.1, -0.05) is 13.0 Å². The minimum Gasteiger partial charge on any atom is -0.479 e. The minimum absolute atomic E-state index is 0.107. The Labute approximate surface area is 183 Å². The van der Waals surface area contributed by atoms with E-state index in [1.54, 1.807) is 28.0 Å². The predicted molar refractivity (Wildman–Crippen MR) is 117 cm³/mol. The molecule has 8 nitrogen and oxygen atoms in total. The lowest BCUT2D eigenvalue weighted by Gasteiger charge is -2.38. The molecule has 1 fully saturated rings. The summed E-state index contributed by atoms with van der Waals surface area (Å²) in [5, 5.41) is 7.27. The van der Waals surface area contributed by atoms with Crippen LogP contribution >= 0.6 is 0 Å². The summed E-state index contributed by atoms with van der Waals surface area (Å²) in [5.41, 5.74) is 3.96. The number of benzene rings is 1. The lowest BCUT2D eigenvalue weighted by molar-refractivity contribution is -0.0726. The molecule has 1 atom stereocenters. The molecule has 0 spiro atoms. The van der Waals surface area contributed by atoms with E-state index in [0.29, 0.717) is 30.9 Å². The second kappa shape index (κ2) is 7.94. The fourth-order valence-corrected chi connectivity index (χ4v) is 4.17. The van der Waals surface area contributed by atoms with Crippen molar-refractivity contribution in [2.75, 3.05) is 32.1 Å². The van der Waals surface area contributed by atoms with Crippen molar-refractivity contribution in [1.82, 2.24) is 29.5 Å². The molecule has 0 saturated carbocycles. The number of ether oxygens (including phenoxy) is 1. The number of anilines is 1. The van der Waals surface area contributed by atoms with Gasteiger partial charge in [0.2, 0.25) is 11.8 Å². The van der Waals surface area contributed by atoms with E-state index in [1.165, 1.54) is 7.11 Å². The molecule has 1 unspecified atom stereocenters. The summed E-state index contributed by atoms with van der Waals surface area (Å²) in [7, 11) is 1.50. The average molecular weight is 439 g/mol. The normalized spacial score (nSPS) is 18.8. The van der Waals surface area contributed by atoms with Gasteiger partial charge in [0.05, 0.1) is 30.7 Å². The van der Waals surface area contributed by atoms with Crippen LogP contribution in [0.3, 0.4) is 0 Å². The molecule has 1 aromatic carbocycles. The SMILES string of the molecule is CCN1CCC(Nc2nc(OC)c3c(-c4ccc5nccnc5c4)ccn3n2)C(F)(F)C1. The van der Waals surface area contributed by atoms with E-state index in [9.17, 15) is 8.78 Å². The number of rotatable bonds is 5. The number of nitrogens with zero attached hydrogens (tertiary/aromatic N) is 6. The van der Waals surface area contributed by atoms with Gasteiger partial charge in [-0.15, -0.1) is 5.10 Å². The largest absolute Gasteiger partial charge is 0.479 e. The highest BCUT2D eigenvalue weighted by Gasteiger charge is 2.44. The van der Waals surface area contributed by atoms with Gasteiger partial charge in [0.25, 0.3) is 5.92 Å². The Morgan fingerprint density at radius 2 is 2.00 bits per heavy atom. The Kier molecular flexibility index (Phi) is 5.09. The maximum Gasteiger partial charge on any atom is 0.280 e. The molecule has 10 heteroatoms. The van der Waals surface area contributed by atoms with Crippen LogP contribution in [0.25, 0.3) is 27.7 Å². The van der Waals surface area contributed by atoms with E-state index < -0.39 is 12.0 Å². The first kappa shape index (κ1) is 20.5. The molecule has 1 saturated heterocycles. The molecule has 32 heavy (non-hydrogen) atoms. The van der Waals surface area contributed by atoms with Crippen LogP contribution in [0.4, 0.5) is 14.7 Å². The first-order valence-corrected chi connectivity index (χ1v) is 10.5. The van der Waals surface area contributed by atoms with Crippen molar-refractivity contribution in [3.8, 4) is 17.0 Å². The van der Waals surface area contributed by atoms with Gasteiger partial charge >= 0.3 is 0 Å². The molecule has 166 valence electrons. The standard InChI is InChI=1S/C22H23F2N7O/c1-3-30-10-7-18(22(23,24)13-30)27-21-28-20(32-2)19-15(6-11-31(19)29-21)14-4-5-16-17(12-14)26-9-8-25-16/h4-6,8-9,11-12,18H,3,7,10,13H2,1-2H3,(H,27,29). The van der Waals surface area contributed by atoms with Crippen molar-refractivity contribution >= 4 is 22.5 Å². The van der Waals surface area contributed by atoms with Gasteiger partial charge in [0.15, 0.2) is 0 Å². The molecule has 0 aliphatic carbocycles. The van der Waals surface area contributed by atoms with E-state index in [-0.39, 0.29) is 12.5 Å². The molecular formula is C22H23F2N7O. The van der Waals surface area contributed by atoms with Crippen LogP contribution in [-0.4, -0.2) is 68.2 Å². The third-order valence-electron chi connectivity index (χ3n) is 5.88. The predicted octanol–water partition coefficient (Wildman–Crippen LogP) is 3.49. The Balaban J connectivity index is 1.50. The lowest BCUT2D eigenvalue weighted by Crippen LogP contribution is -2.54. The van der Waals surface area contributed by atoms with Gasteiger partial charge in [0, 0.05) is 30.7 Å². The van der Waals surface area contributed by atoms with Crippen molar-refractivity contribution in [2.45, 2.75) is 25.3 Å². The van der Waals surface area contributed by atoms with E-state index in [4.69, 9.17) is 4.74 Å². The second-order valence-electron chi connectivity index (χ2n) is 7.84. The van der Waals surface area contributed by atoms with E-state index >= 15 is 0 Å². The van der Waals surface area contributed by atoms with Crippen LogP contribution in [0.15, 0.2) is 42.9 Å². The number of nitrogens with one attached hydrogen (secondary N) is 1. The van der Waals surface area contributed by atoms with Crippen molar-refractivity contribution < 1.29 is 13.5 Å². The quantitative estimate of drug-likeness (QED) is 0.510. The highest BCUT2D eigenvalue weighted by atomic mass is 19.3. The Morgan fingerprint density at radius 1 is 1.19 bits per heavy atom. The Hall–Kier alpha value is -3.40. The molecule has 5 rings (SSSR count). The molecule has 1 N–H and O–H groups in total. The van der Waals surface area contributed by atoms with Gasteiger partial charge in [-0.2, -0.15) is 4.98 Å². The molecule has 4 heterocycles. The minimum atomic E-state index is -2.88. The average Bonchev–Trinajstić information content (AvgIpc) is 3.23. The fraction of sp³-hybridized carbons (Fsp3) is 0.364. The number of aromatic nitrogens is 5. The Bertz CT molecular complexity index is 1280. The maximum atomic E-state index is 14.6. The van der Waals surface area contributed by atoms with Crippen molar-refractivity contribution in [3.63, 3.8) is 0 Å². The molecule has 1 aliphatic heterocycles. The van der Waals surface area contributed by atoms with Crippen LogP contribution in [0.1, 0.15) is 13.3 Å². The summed E-state index contributed by atoms with van der Waals surface area (Å²) >= 11 is 0. The zero-order valence-corrected chi connectivity index (χ0v) is 17.8. The van der Waals surface area contributed by atoms with Gasteiger partial charge in [0.1, 0.15) is 5.52 Å². The number of piperidine rings is 1. The highest BCUT2D eigenvalue weighted by Crippen LogP contribution is 2.34. The number of hydrogen-bond donors (Lipinski definition) is 1. The molecule has 1 aliphatic rings. The third-order valence-corrected chi connectivity index (χ3v) is 5.88. The first-order chi connectivity index (χ1) is 15.5. The second-order valence-corrected chi connectivity index (χ2v) is 7.84. The van der Waals surface area contributed by atoms with Gasteiger partial charge in [-0.05, 0) is 36.7 Å². The van der Waals surface area contributed by atoms with E-state index in [1.807, 2.05) is 31.2 Å². The number of methoxy groups -OCH3 is 1. The number of hydrogen-bond acceptors (Lipinski definition) is 7. The maximum absolute atomic E-state index is 14.6. The summed E-state index contributed by atoms with van der Waals surface area (Å²) in [5.74, 6) is -2.47. The first-order valence-electron chi connectivity index (χ1n) is 10.5. The summed E-state index contributed by atoms with van der Waals surface area (Å²) in [6.45, 7) is 2.81. The van der Waals surface area contributed by atoms with Crippen LogP contribution < -0.4 is 10.1 Å². The zero-order valence-electron chi connectivity index (χ0n) is 17.8. The van der Waals surface area contributed by atoms with Crippen LogP contribution in [0.2, 0.25) is 0 Å². The monoisotopic (exact) mass is 439 g/mol. The number of likely N-dealkylation sites (tertiary alicyclic amines) is 1. The zero-order chi connectivity index (χ0) is 22.3. The van der Waals surface area contributed by atoms with Crippen LogP contribution in [0, 0.1) is 0 Å². The summed E-state index contributed by atoms with van der Waals surface area (Å²) in [6.07, 6.45) is 5.36. The fourth-order valence-electron chi connectivity index (χ4n) is 4.17. The summed E-state index contributed by atoms with van der Waals surface area (Å²) in [4.78, 5) is 14.8. The number of halogens is 2.